The van der Waals surface area contributed by atoms with Crippen molar-refractivity contribution in [2.24, 2.45) is 70.0 Å². The van der Waals surface area contributed by atoms with E-state index in [0.717, 1.165) is 35.5 Å². The lowest BCUT2D eigenvalue weighted by Crippen LogP contribution is -2.63. The van der Waals surface area contributed by atoms with Crippen LogP contribution >= 0.6 is 0 Å². The molecule has 19 atom stereocenters. The summed E-state index contributed by atoms with van der Waals surface area (Å²) in [7, 11) is 9.92. The predicted molar refractivity (Wildman–Crippen MR) is 424 cm³/mol. The lowest BCUT2D eigenvalue weighted by Gasteiger charge is -2.60. The molecule has 0 aromatic carbocycles. The highest BCUT2D eigenvalue weighted by Gasteiger charge is 2.68. The number of carbonyl (C=O) groups is 13. The average Bonchev–Trinajstić information content (AvgIpc) is 1.60. The first-order chi connectivity index (χ1) is 51.4. The summed E-state index contributed by atoms with van der Waals surface area (Å²) in [4.78, 5) is 193. The third-order valence-electron chi connectivity index (χ3n) is 24.7. The van der Waals surface area contributed by atoms with Crippen LogP contribution in [-0.2, 0) is 62.3 Å². The Hall–Kier alpha value is -7.17. The van der Waals surface area contributed by atoms with E-state index in [9.17, 15) is 73.2 Å². The zero-order valence-electron chi connectivity index (χ0n) is 71.8. The van der Waals surface area contributed by atoms with Gasteiger partial charge in [-0.3, -0.25) is 62.3 Å². The van der Waals surface area contributed by atoms with Crippen LogP contribution in [0.2, 0.25) is 0 Å². The molecule has 630 valence electrons. The van der Waals surface area contributed by atoms with Crippen LogP contribution in [0.3, 0.4) is 0 Å². The van der Waals surface area contributed by atoms with Gasteiger partial charge < -0.3 is 76.0 Å². The molecule has 3 saturated carbocycles. The minimum absolute atomic E-state index is 0.0229. The van der Waals surface area contributed by atoms with Crippen LogP contribution in [0, 0.1) is 70.0 Å². The lowest BCUT2D eigenvalue weighted by molar-refractivity contribution is -0.182. The van der Waals surface area contributed by atoms with E-state index in [-0.39, 0.29) is 84.7 Å². The van der Waals surface area contributed by atoms with Crippen LogP contribution in [0.1, 0.15) is 215 Å². The van der Waals surface area contributed by atoms with Gasteiger partial charge in [0.2, 0.25) is 65.0 Å². The molecule has 0 aromatic heterocycles. The van der Waals surface area contributed by atoms with Gasteiger partial charge in [-0.2, -0.15) is 0 Å². The first-order valence-electron chi connectivity index (χ1n) is 40.5. The third kappa shape index (κ3) is 22.4. The monoisotopic (exact) mass is 1560 g/mol. The molecule has 5 aliphatic rings. The summed E-state index contributed by atoms with van der Waals surface area (Å²) in [5.41, 5.74) is -1.23. The van der Waals surface area contributed by atoms with Gasteiger partial charge in [0.25, 0.3) is 0 Å². The van der Waals surface area contributed by atoms with E-state index in [1.165, 1.54) is 93.3 Å². The summed E-state index contributed by atoms with van der Waals surface area (Å²) in [6.45, 7) is 32.8. The van der Waals surface area contributed by atoms with Crippen LogP contribution in [0.5, 0.6) is 0 Å². The summed E-state index contributed by atoms with van der Waals surface area (Å²) >= 11 is 0. The number of Topliss-reactive ketones (excluding diaryl/α,β-unsaturated/α-hetero) is 1. The van der Waals surface area contributed by atoms with Gasteiger partial charge in [-0.1, -0.05) is 129 Å². The maximum atomic E-state index is 15.1. The molecule has 0 bridgehead atoms. The van der Waals surface area contributed by atoms with Gasteiger partial charge in [0, 0.05) is 61.2 Å². The van der Waals surface area contributed by atoms with Crippen molar-refractivity contribution in [1.82, 2.24) is 55.6 Å². The molecule has 0 spiro atoms. The highest BCUT2D eigenvalue weighted by molar-refractivity contribution is 6.00. The van der Waals surface area contributed by atoms with Crippen molar-refractivity contribution < 1.29 is 82.8 Å². The van der Waals surface area contributed by atoms with E-state index in [4.69, 9.17) is 0 Å². The summed E-state index contributed by atoms with van der Waals surface area (Å²) in [5, 5.41) is 54.8. The Kier molecular flexibility index (Phi) is 35.3. The maximum Gasteiger partial charge on any atom is 0.246 e. The minimum Gasteiger partial charge on any atom is -0.393 e. The first kappa shape index (κ1) is 96.2. The third-order valence-corrected chi connectivity index (χ3v) is 24.7. The number of ketones is 2. The molecule has 111 heavy (non-hydrogen) atoms. The van der Waals surface area contributed by atoms with Gasteiger partial charge in [0.1, 0.15) is 72.6 Å². The molecule has 28 nitrogen and oxygen atoms in total. The fourth-order valence-electron chi connectivity index (χ4n) is 18.0. The van der Waals surface area contributed by atoms with Gasteiger partial charge in [0.15, 0.2) is 11.6 Å². The number of allylic oxidation sites excluding steroid dienone is 3. The molecule has 4 aliphatic carbocycles. The smallest absolute Gasteiger partial charge is 0.246 e. The summed E-state index contributed by atoms with van der Waals surface area (Å²) in [6, 6.07) is -12.3. The van der Waals surface area contributed by atoms with Crippen molar-refractivity contribution in [2.45, 2.75) is 293 Å². The number of rotatable bonds is 17. The summed E-state index contributed by atoms with van der Waals surface area (Å²) in [6.07, 6.45) is 8.78. The molecular formula is C83H141N11O17. The minimum atomic E-state index is -1.61. The highest BCUT2D eigenvalue weighted by Crippen LogP contribution is 2.67. The number of likely N-dealkylation sites (N-methyl/N-ethyl adjacent to an activating group) is 7. The maximum absolute atomic E-state index is 15.1. The molecule has 0 aromatic rings. The fourth-order valence-corrected chi connectivity index (χ4v) is 18.0. The largest absolute Gasteiger partial charge is 0.393 e. The number of aliphatic hydroxyl groups is 4. The van der Waals surface area contributed by atoms with Crippen molar-refractivity contribution >= 4 is 76.5 Å². The number of hydrogen-bond donors (Lipinski definition) is 8. The van der Waals surface area contributed by atoms with Crippen LogP contribution < -0.4 is 21.3 Å². The van der Waals surface area contributed by atoms with E-state index < -0.39 is 185 Å². The Morgan fingerprint density at radius 3 is 1.56 bits per heavy atom. The molecule has 1 aliphatic heterocycles. The lowest BCUT2D eigenvalue weighted by atomic mass is 9.45. The fraction of sp³-hybridized carbons (Fsp3) is 0.795. The topological polar surface area (TPSA) is 374 Å². The Morgan fingerprint density at radius 2 is 1.05 bits per heavy atom. The Morgan fingerprint density at radius 1 is 0.568 bits per heavy atom. The molecule has 8 N–H and O–H groups in total. The van der Waals surface area contributed by atoms with Crippen molar-refractivity contribution in [3.63, 3.8) is 0 Å². The second-order valence-corrected chi connectivity index (χ2v) is 35.6. The van der Waals surface area contributed by atoms with Crippen LogP contribution in [-0.4, -0.2) is 272 Å². The summed E-state index contributed by atoms with van der Waals surface area (Å²) < 4.78 is 0. The SMILES string of the molecule is C/C=C/C[C@@H](C)[C@@H](O)[C@H]1C(=O)N[C@@H](CC)C(=O)N(C)CC(=O)N(C)[C@@H](CC(C)C)C(=O)N[C@@H](C(C)C)C(=O)N(C)[C@@H](CC(C)C)C(=O)N[C@@H](C)C(=O)N[C@H](C)C(=O)N(C)[C@@H](CC(C)C)C(=O)N(C)[C@@H](CC(C)C)C(=O)N(C)[C@@H](C(C)C)C(=O)N1C.C[C@]12CCC(=O)C=C1CC[C@@H]1[C@@H]2[C@@H](O)C[C@@]2(C)[C@H]1CC[C@]2(O)C(=O)CO. The standard InChI is InChI=1S/C62H111N11O12.C21H30O5/c1-25-27-28-40(15)52(75)51-56(79)65-43(26-2)58(81)67(18)33-48(74)68(19)44(29-34(3)4)55(78)66-49(38(11)12)61(84)69(20)45(30-35(5)6)54(77)63-41(16)53(76)64-42(17)57(80)70(21)46(31-36(7)8)59(82)71(22)47(32-37(9)10)60(83)72(23)50(39(13)14)62(85)73(51)24;1-19-7-5-13(23)9-12(19)3-4-14-15-6-8-21(26,17(25)11-22)20(15,2)10-16(24)18(14)19/h25,27,34-47,49-52,75H,26,28-33H2,1-24H3,(H,63,77)(H,64,76)(H,65,79)(H,66,78);9,14-16,18,22,24,26H,3-8,10-11H2,1-2H3/b27-25+;/t40-,41+,42-,43+,44+,45+,46+,47+,49+,50+,51+,52-;14-,15-,16-,18+,19-,20-,21-/m10/s1. The molecule has 0 unspecified atom stereocenters. The number of fused-ring (bicyclic) bond motifs is 5. The van der Waals surface area contributed by atoms with Crippen molar-refractivity contribution in [3.8, 4) is 0 Å². The van der Waals surface area contributed by atoms with E-state index >= 15 is 9.59 Å². The Balaban J connectivity index is 0.000000823. The van der Waals surface area contributed by atoms with Crippen molar-refractivity contribution in [3.05, 3.63) is 23.8 Å². The van der Waals surface area contributed by atoms with E-state index in [0.29, 0.717) is 25.7 Å². The van der Waals surface area contributed by atoms with Gasteiger partial charge in [0.05, 0.1) is 18.8 Å². The predicted octanol–water partition coefficient (Wildman–Crippen LogP) is 5.05. The molecule has 28 heteroatoms. The van der Waals surface area contributed by atoms with Crippen LogP contribution in [0.25, 0.3) is 0 Å². The van der Waals surface area contributed by atoms with Crippen molar-refractivity contribution in [2.75, 3.05) is 62.5 Å². The average molecular weight is 1570 g/mol. The number of nitrogens with zero attached hydrogens (tertiary/aromatic N) is 7. The number of nitrogens with one attached hydrogen (secondary N) is 4. The number of hydrogen-bond acceptors (Lipinski definition) is 17. The molecule has 4 fully saturated rings. The molecular weight excluding hydrogens is 1420 g/mol. The van der Waals surface area contributed by atoms with E-state index in [1.54, 1.807) is 60.6 Å². The number of carbonyl (C=O) groups excluding carboxylic acids is 13. The molecule has 0 radical (unpaired) electrons. The molecule has 11 amide bonds. The summed E-state index contributed by atoms with van der Waals surface area (Å²) in [5.74, 6) is -9.57. The normalized spacial score (nSPS) is 32.4. The van der Waals surface area contributed by atoms with Crippen LogP contribution in [0.4, 0.5) is 0 Å². The molecule has 5 rings (SSSR count). The Bertz CT molecular complexity index is 3380. The van der Waals surface area contributed by atoms with Gasteiger partial charge in [-0.25, -0.2) is 0 Å². The van der Waals surface area contributed by atoms with Gasteiger partial charge in [-0.15, -0.1) is 0 Å². The van der Waals surface area contributed by atoms with Gasteiger partial charge in [-0.05, 0) is 168 Å². The molecule has 1 heterocycles. The second-order valence-electron chi connectivity index (χ2n) is 35.6. The second kappa shape index (κ2) is 40.7. The zero-order valence-corrected chi connectivity index (χ0v) is 71.8. The first-order valence-corrected chi connectivity index (χ1v) is 40.5. The van der Waals surface area contributed by atoms with Crippen LogP contribution in [0.15, 0.2) is 23.8 Å². The van der Waals surface area contributed by atoms with Gasteiger partial charge >= 0.3 is 0 Å². The Labute approximate surface area is 661 Å². The molecule has 1 saturated heterocycles. The quantitative estimate of drug-likeness (QED) is 0.0883. The zero-order chi connectivity index (χ0) is 84.9. The van der Waals surface area contributed by atoms with E-state index in [2.05, 4.69) is 28.2 Å². The number of amides is 11. The van der Waals surface area contributed by atoms with Crippen molar-refractivity contribution in [1.29, 1.82) is 0 Å². The highest BCUT2D eigenvalue weighted by atomic mass is 16.3. The van der Waals surface area contributed by atoms with E-state index in [1.807, 2.05) is 68.4 Å². The number of aliphatic hydroxyl groups excluding tert-OH is 3.